The molecule has 0 bridgehead atoms. The summed E-state index contributed by atoms with van der Waals surface area (Å²) in [7, 11) is 0. The maximum atomic E-state index is 8.61. The zero-order chi connectivity index (χ0) is 13.0. The third-order valence-corrected chi connectivity index (χ3v) is 2.60. The van der Waals surface area contributed by atoms with E-state index in [1.807, 2.05) is 44.2 Å². The molecule has 0 unspecified atom stereocenters. The number of rotatable bonds is 4. The van der Waals surface area contributed by atoms with E-state index in [-0.39, 0.29) is 6.10 Å². The Morgan fingerprint density at radius 2 is 2.11 bits per heavy atom. The van der Waals surface area contributed by atoms with Gasteiger partial charge < -0.3 is 4.74 Å². The Balaban J connectivity index is 2.42. The van der Waals surface area contributed by atoms with Gasteiger partial charge in [-0.3, -0.25) is 0 Å². The number of benzene rings is 1. The first kappa shape index (κ1) is 12.4. The molecule has 0 amide bonds. The van der Waals surface area contributed by atoms with Gasteiger partial charge in [0.1, 0.15) is 11.3 Å². The fourth-order valence-corrected chi connectivity index (χ4v) is 1.83. The van der Waals surface area contributed by atoms with Gasteiger partial charge in [0.05, 0.1) is 12.2 Å². The summed E-state index contributed by atoms with van der Waals surface area (Å²) in [6.45, 7) is 4.00. The average molecular weight is 240 g/mol. The molecule has 0 aliphatic heterocycles. The van der Waals surface area contributed by atoms with Gasteiger partial charge in [0.15, 0.2) is 0 Å². The Hall–Kier alpha value is -2.08. The molecule has 2 aromatic rings. The first-order valence-electron chi connectivity index (χ1n) is 6.13. The first-order valence-corrected chi connectivity index (χ1v) is 6.13. The average Bonchev–Trinajstić information content (AvgIpc) is 2.36. The van der Waals surface area contributed by atoms with E-state index in [4.69, 9.17) is 10.00 Å². The number of nitrogens with zero attached hydrogens (tertiary/aromatic N) is 2. The van der Waals surface area contributed by atoms with Crippen molar-refractivity contribution in [1.29, 1.82) is 5.26 Å². The molecule has 0 atom stereocenters. The van der Waals surface area contributed by atoms with Crippen molar-refractivity contribution in [1.82, 2.24) is 4.98 Å². The van der Waals surface area contributed by atoms with Gasteiger partial charge in [-0.2, -0.15) is 5.26 Å². The molecule has 0 radical (unpaired) electrons. The lowest BCUT2D eigenvalue weighted by Crippen LogP contribution is -2.06. The number of ether oxygens (including phenoxy) is 1. The number of pyridine rings is 1. The van der Waals surface area contributed by atoms with Crippen molar-refractivity contribution < 1.29 is 4.74 Å². The predicted octanol–water partition coefficient (Wildman–Crippen LogP) is 3.48. The van der Waals surface area contributed by atoms with E-state index in [0.717, 1.165) is 22.3 Å². The summed E-state index contributed by atoms with van der Waals surface area (Å²) in [5.74, 6) is 0.807. The van der Waals surface area contributed by atoms with Gasteiger partial charge in [-0.25, -0.2) is 4.98 Å². The van der Waals surface area contributed by atoms with Gasteiger partial charge in [-0.1, -0.05) is 18.2 Å². The van der Waals surface area contributed by atoms with Crippen LogP contribution in [0.1, 0.15) is 26.0 Å². The number of aromatic nitrogens is 1. The highest BCUT2D eigenvalue weighted by atomic mass is 16.5. The number of hydrogen-bond donors (Lipinski definition) is 0. The molecule has 0 N–H and O–H groups in total. The molecule has 92 valence electrons. The Bertz CT molecular complexity index is 585. The van der Waals surface area contributed by atoms with Crippen LogP contribution in [0, 0.1) is 11.3 Å². The summed E-state index contributed by atoms with van der Waals surface area (Å²) in [6, 6.07) is 12.1. The molecular weight excluding hydrogens is 224 g/mol. The Morgan fingerprint density at radius 1 is 1.28 bits per heavy atom. The lowest BCUT2D eigenvalue weighted by molar-refractivity contribution is 0.245. The Morgan fingerprint density at radius 3 is 2.83 bits per heavy atom. The highest BCUT2D eigenvalue weighted by Gasteiger charge is 2.06. The van der Waals surface area contributed by atoms with Gasteiger partial charge in [0.2, 0.25) is 0 Å². The molecular formula is C15H16N2O. The summed E-state index contributed by atoms with van der Waals surface area (Å²) < 4.78 is 5.76. The van der Waals surface area contributed by atoms with Crippen molar-refractivity contribution >= 4 is 10.9 Å². The molecule has 1 aromatic carbocycles. The first-order chi connectivity index (χ1) is 8.70. The molecule has 0 saturated heterocycles. The molecule has 0 fully saturated rings. The molecule has 0 aliphatic rings. The third kappa shape index (κ3) is 2.78. The van der Waals surface area contributed by atoms with Gasteiger partial charge in [-0.05, 0) is 26.0 Å². The number of fused-ring (bicyclic) bond motifs is 1. The smallest absolute Gasteiger partial charge is 0.145 e. The lowest BCUT2D eigenvalue weighted by atomic mass is 10.1. The standard InChI is InChI=1S/C15H16N2O/c1-11(2)18-14-7-3-5-12-8-9-13(6-4-10-16)17-15(12)14/h3,5,7-9,11H,4,6H2,1-2H3. The molecule has 1 heterocycles. The molecule has 2 rings (SSSR count). The van der Waals surface area contributed by atoms with E-state index in [1.54, 1.807) is 0 Å². The predicted molar refractivity (Wildman–Crippen MR) is 71.4 cm³/mol. The van der Waals surface area contributed by atoms with Crippen LogP contribution in [0.5, 0.6) is 5.75 Å². The largest absolute Gasteiger partial charge is 0.489 e. The monoisotopic (exact) mass is 240 g/mol. The maximum Gasteiger partial charge on any atom is 0.145 e. The van der Waals surface area contributed by atoms with Gasteiger partial charge >= 0.3 is 0 Å². The fourth-order valence-electron chi connectivity index (χ4n) is 1.83. The zero-order valence-corrected chi connectivity index (χ0v) is 10.7. The van der Waals surface area contributed by atoms with E-state index < -0.39 is 0 Å². The molecule has 3 nitrogen and oxygen atoms in total. The van der Waals surface area contributed by atoms with Crippen LogP contribution in [-0.2, 0) is 6.42 Å². The minimum atomic E-state index is 0.125. The second-order valence-electron chi connectivity index (χ2n) is 4.46. The van der Waals surface area contributed by atoms with Gasteiger partial charge in [0, 0.05) is 23.9 Å². The van der Waals surface area contributed by atoms with Crippen LogP contribution in [0.4, 0.5) is 0 Å². The molecule has 0 aliphatic carbocycles. The molecule has 0 spiro atoms. The van der Waals surface area contributed by atoms with Gasteiger partial charge in [0.25, 0.3) is 0 Å². The maximum absolute atomic E-state index is 8.61. The minimum Gasteiger partial charge on any atom is -0.489 e. The van der Waals surface area contributed by atoms with Crippen molar-refractivity contribution in [3.63, 3.8) is 0 Å². The zero-order valence-electron chi connectivity index (χ0n) is 10.7. The van der Waals surface area contributed by atoms with Crippen LogP contribution >= 0.6 is 0 Å². The van der Waals surface area contributed by atoms with Crippen LogP contribution in [-0.4, -0.2) is 11.1 Å². The van der Waals surface area contributed by atoms with Crippen molar-refractivity contribution in [3.05, 3.63) is 36.0 Å². The summed E-state index contributed by atoms with van der Waals surface area (Å²) in [6.07, 6.45) is 1.30. The lowest BCUT2D eigenvalue weighted by Gasteiger charge is -2.12. The number of hydrogen-bond acceptors (Lipinski definition) is 3. The van der Waals surface area contributed by atoms with E-state index >= 15 is 0 Å². The molecule has 0 saturated carbocycles. The number of nitriles is 1. The van der Waals surface area contributed by atoms with Crippen LogP contribution in [0.25, 0.3) is 10.9 Å². The minimum absolute atomic E-state index is 0.125. The number of para-hydroxylation sites is 1. The van der Waals surface area contributed by atoms with E-state index in [0.29, 0.717) is 12.8 Å². The van der Waals surface area contributed by atoms with Crippen LogP contribution in [0.2, 0.25) is 0 Å². The van der Waals surface area contributed by atoms with E-state index in [2.05, 4.69) is 11.1 Å². The van der Waals surface area contributed by atoms with Crippen molar-refractivity contribution in [3.8, 4) is 11.8 Å². The van der Waals surface area contributed by atoms with Gasteiger partial charge in [-0.15, -0.1) is 0 Å². The highest BCUT2D eigenvalue weighted by Crippen LogP contribution is 2.25. The quantitative estimate of drug-likeness (QED) is 0.821. The summed E-state index contributed by atoms with van der Waals surface area (Å²) in [4.78, 5) is 4.59. The second-order valence-corrected chi connectivity index (χ2v) is 4.46. The normalized spacial score (nSPS) is 10.6. The highest BCUT2D eigenvalue weighted by molar-refractivity contribution is 5.84. The molecule has 3 heteroatoms. The summed E-state index contributed by atoms with van der Waals surface area (Å²) in [5.41, 5.74) is 1.81. The fraction of sp³-hybridized carbons (Fsp3) is 0.333. The molecule has 18 heavy (non-hydrogen) atoms. The van der Waals surface area contributed by atoms with E-state index in [1.165, 1.54) is 0 Å². The van der Waals surface area contributed by atoms with Crippen molar-refractivity contribution in [2.75, 3.05) is 0 Å². The summed E-state index contributed by atoms with van der Waals surface area (Å²) in [5, 5.41) is 9.68. The van der Waals surface area contributed by atoms with Crippen molar-refractivity contribution in [2.45, 2.75) is 32.8 Å². The summed E-state index contributed by atoms with van der Waals surface area (Å²) >= 11 is 0. The second kappa shape index (κ2) is 5.50. The number of aryl methyl sites for hydroxylation is 1. The van der Waals surface area contributed by atoms with Crippen LogP contribution in [0.3, 0.4) is 0 Å². The topological polar surface area (TPSA) is 45.9 Å². The van der Waals surface area contributed by atoms with Crippen LogP contribution < -0.4 is 4.74 Å². The third-order valence-electron chi connectivity index (χ3n) is 2.60. The van der Waals surface area contributed by atoms with Crippen molar-refractivity contribution in [2.24, 2.45) is 0 Å². The van der Waals surface area contributed by atoms with E-state index in [9.17, 15) is 0 Å². The molecule has 1 aromatic heterocycles. The Labute approximate surface area is 107 Å². The SMILES string of the molecule is CC(C)Oc1cccc2ccc(CCC#N)nc12. The van der Waals surface area contributed by atoms with Crippen LogP contribution in [0.15, 0.2) is 30.3 Å². The Kier molecular flexibility index (Phi) is 3.78.